The molecular weight excluding hydrogens is 258 g/mol. The Labute approximate surface area is 130 Å². The van der Waals surface area contributed by atoms with E-state index >= 15 is 0 Å². The maximum Gasteiger partial charge on any atom is 0.112 e. The smallest absolute Gasteiger partial charge is 0.112 e. The number of nitrogens with one attached hydrogen (secondary N) is 1. The molecule has 3 nitrogen and oxygen atoms in total. The van der Waals surface area contributed by atoms with Crippen LogP contribution in [0.3, 0.4) is 0 Å². The second-order valence-electron chi connectivity index (χ2n) is 6.97. The molecule has 0 aromatic carbocycles. The van der Waals surface area contributed by atoms with Crippen molar-refractivity contribution in [3.63, 3.8) is 0 Å². The van der Waals surface area contributed by atoms with Crippen LogP contribution in [0.4, 0.5) is 0 Å². The largest absolute Gasteiger partial charge is 0.335 e. The van der Waals surface area contributed by atoms with Gasteiger partial charge in [-0.3, -0.25) is 0 Å². The van der Waals surface area contributed by atoms with E-state index < -0.39 is 0 Å². The first-order valence-corrected chi connectivity index (χ1v) is 8.90. The molecule has 0 amide bonds. The summed E-state index contributed by atoms with van der Waals surface area (Å²) < 4.78 is 2.35. The lowest BCUT2D eigenvalue weighted by atomic mass is 9.72. The second kappa shape index (κ2) is 7.98. The third kappa shape index (κ3) is 4.32. The molecule has 3 atom stereocenters. The first-order valence-electron chi connectivity index (χ1n) is 8.90. The van der Waals surface area contributed by atoms with Crippen molar-refractivity contribution in [3.8, 4) is 0 Å². The van der Waals surface area contributed by atoms with Crippen LogP contribution in [0.25, 0.3) is 0 Å². The maximum absolute atomic E-state index is 4.72. The van der Waals surface area contributed by atoms with Gasteiger partial charge < -0.3 is 9.88 Å². The van der Waals surface area contributed by atoms with Crippen molar-refractivity contribution in [3.05, 3.63) is 18.2 Å². The summed E-state index contributed by atoms with van der Waals surface area (Å²) in [6.07, 6.45) is 10.9. The lowest BCUT2D eigenvalue weighted by Gasteiger charge is -2.36. The Bertz CT molecular complexity index is 410. The van der Waals surface area contributed by atoms with E-state index in [0.717, 1.165) is 24.9 Å². The molecule has 1 aliphatic carbocycles. The molecule has 0 aliphatic heterocycles. The standard InChI is InChI=1S/C18H33N3/c1-5-7-15-8-9-16(13-20-14(3)4)17(12-15)18-19-10-11-21(18)6-2/h10-11,14-17,20H,5-9,12-13H2,1-4H3. The van der Waals surface area contributed by atoms with Crippen LogP contribution in [0.5, 0.6) is 0 Å². The van der Waals surface area contributed by atoms with E-state index in [4.69, 9.17) is 4.98 Å². The number of aromatic nitrogens is 2. The fraction of sp³-hybridized carbons (Fsp3) is 0.833. The number of aryl methyl sites for hydroxylation is 1. The first-order chi connectivity index (χ1) is 10.2. The molecular formula is C18H33N3. The monoisotopic (exact) mass is 291 g/mol. The Kier molecular flexibility index (Phi) is 6.28. The van der Waals surface area contributed by atoms with Gasteiger partial charge in [0.1, 0.15) is 5.82 Å². The fourth-order valence-electron chi connectivity index (χ4n) is 3.86. The fourth-order valence-corrected chi connectivity index (χ4v) is 3.86. The van der Waals surface area contributed by atoms with Gasteiger partial charge in [0, 0.05) is 30.9 Å². The molecule has 1 fully saturated rings. The molecule has 1 aliphatic rings. The summed E-state index contributed by atoms with van der Waals surface area (Å²) in [5.74, 6) is 3.61. The molecule has 120 valence electrons. The summed E-state index contributed by atoms with van der Waals surface area (Å²) in [7, 11) is 0. The van der Waals surface area contributed by atoms with E-state index in [2.05, 4.69) is 43.8 Å². The molecule has 0 radical (unpaired) electrons. The maximum atomic E-state index is 4.72. The third-order valence-corrected chi connectivity index (χ3v) is 5.01. The Morgan fingerprint density at radius 2 is 2.14 bits per heavy atom. The van der Waals surface area contributed by atoms with Crippen LogP contribution in [0.2, 0.25) is 0 Å². The van der Waals surface area contributed by atoms with Gasteiger partial charge in [-0.1, -0.05) is 40.0 Å². The normalized spacial score (nSPS) is 26.4. The van der Waals surface area contributed by atoms with E-state index in [1.54, 1.807) is 0 Å². The van der Waals surface area contributed by atoms with Crippen molar-refractivity contribution >= 4 is 0 Å². The van der Waals surface area contributed by atoms with Gasteiger partial charge in [-0.25, -0.2) is 4.98 Å². The quantitative estimate of drug-likeness (QED) is 0.816. The van der Waals surface area contributed by atoms with Crippen molar-refractivity contribution in [1.29, 1.82) is 0 Å². The molecule has 3 unspecified atom stereocenters. The minimum Gasteiger partial charge on any atom is -0.335 e. The van der Waals surface area contributed by atoms with Crippen molar-refractivity contribution in [2.45, 2.75) is 78.3 Å². The topological polar surface area (TPSA) is 29.9 Å². The molecule has 21 heavy (non-hydrogen) atoms. The molecule has 0 saturated heterocycles. The van der Waals surface area contributed by atoms with Crippen LogP contribution in [-0.4, -0.2) is 22.1 Å². The van der Waals surface area contributed by atoms with Crippen LogP contribution in [0, 0.1) is 11.8 Å². The van der Waals surface area contributed by atoms with Crippen molar-refractivity contribution in [1.82, 2.24) is 14.9 Å². The molecule has 2 rings (SSSR count). The summed E-state index contributed by atoms with van der Waals surface area (Å²) in [5.41, 5.74) is 0. The van der Waals surface area contributed by atoms with Crippen LogP contribution < -0.4 is 5.32 Å². The predicted octanol–water partition coefficient (Wildman–Crippen LogP) is 4.20. The summed E-state index contributed by atoms with van der Waals surface area (Å²) in [6.45, 7) is 11.2. The van der Waals surface area contributed by atoms with E-state index in [9.17, 15) is 0 Å². The van der Waals surface area contributed by atoms with E-state index in [1.165, 1.54) is 37.9 Å². The summed E-state index contributed by atoms with van der Waals surface area (Å²) in [4.78, 5) is 4.72. The van der Waals surface area contributed by atoms with Gasteiger partial charge in [-0.15, -0.1) is 0 Å². The number of hydrogen-bond acceptors (Lipinski definition) is 2. The van der Waals surface area contributed by atoms with E-state index in [0.29, 0.717) is 12.0 Å². The highest BCUT2D eigenvalue weighted by Gasteiger charge is 2.33. The Hall–Kier alpha value is -0.830. The number of hydrogen-bond donors (Lipinski definition) is 1. The zero-order valence-corrected chi connectivity index (χ0v) is 14.3. The number of rotatable bonds is 7. The minimum atomic E-state index is 0.574. The van der Waals surface area contributed by atoms with Gasteiger partial charge in [0.2, 0.25) is 0 Å². The molecule has 1 heterocycles. The van der Waals surface area contributed by atoms with Crippen LogP contribution in [0.1, 0.15) is 71.5 Å². The number of imidazole rings is 1. The molecule has 1 aromatic rings. The van der Waals surface area contributed by atoms with Crippen molar-refractivity contribution in [2.24, 2.45) is 11.8 Å². The summed E-state index contributed by atoms with van der Waals surface area (Å²) in [6, 6.07) is 0.574. The highest BCUT2D eigenvalue weighted by molar-refractivity contribution is 5.05. The molecule has 1 saturated carbocycles. The SMILES string of the molecule is CCCC1CCC(CNC(C)C)C(c2nccn2CC)C1. The molecule has 0 bridgehead atoms. The zero-order valence-electron chi connectivity index (χ0n) is 14.3. The zero-order chi connectivity index (χ0) is 15.2. The van der Waals surface area contributed by atoms with Crippen LogP contribution in [0.15, 0.2) is 12.4 Å². The lowest BCUT2D eigenvalue weighted by Crippen LogP contribution is -2.36. The Morgan fingerprint density at radius 3 is 2.81 bits per heavy atom. The highest BCUT2D eigenvalue weighted by Crippen LogP contribution is 2.41. The van der Waals surface area contributed by atoms with Gasteiger partial charge in [0.15, 0.2) is 0 Å². The first kappa shape index (κ1) is 16.5. The van der Waals surface area contributed by atoms with E-state index in [1.807, 2.05) is 6.20 Å². The Morgan fingerprint density at radius 1 is 1.33 bits per heavy atom. The lowest BCUT2D eigenvalue weighted by molar-refractivity contribution is 0.208. The highest BCUT2D eigenvalue weighted by atomic mass is 15.1. The third-order valence-electron chi connectivity index (χ3n) is 5.01. The van der Waals surface area contributed by atoms with Crippen molar-refractivity contribution < 1.29 is 0 Å². The van der Waals surface area contributed by atoms with Crippen LogP contribution in [-0.2, 0) is 6.54 Å². The minimum absolute atomic E-state index is 0.574. The second-order valence-corrected chi connectivity index (χ2v) is 6.97. The summed E-state index contributed by atoms with van der Waals surface area (Å²) in [5, 5.41) is 3.65. The molecule has 1 N–H and O–H groups in total. The molecule has 3 heteroatoms. The Balaban J connectivity index is 2.11. The van der Waals surface area contributed by atoms with Gasteiger partial charge in [-0.05, 0) is 38.1 Å². The average molecular weight is 291 g/mol. The van der Waals surface area contributed by atoms with Gasteiger partial charge in [0.25, 0.3) is 0 Å². The van der Waals surface area contributed by atoms with E-state index in [-0.39, 0.29) is 0 Å². The van der Waals surface area contributed by atoms with Crippen LogP contribution >= 0.6 is 0 Å². The van der Waals surface area contributed by atoms with Gasteiger partial charge in [-0.2, -0.15) is 0 Å². The number of nitrogens with zero attached hydrogens (tertiary/aromatic N) is 2. The summed E-state index contributed by atoms with van der Waals surface area (Å²) >= 11 is 0. The molecule has 1 aromatic heterocycles. The van der Waals surface area contributed by atoms with Gasteiger partial charge in [0.05, 0.1) is 0 Å². The molecule has 0 spiro atoms. The average Bonchev–Trinajstić information content (AvgIpc) is 2.94. The predicted molar refractivity (Wildman–Crippen MR) is 89.5 cm³/mol. The van der Waals surface area contributed by atoms with Gasteiger partial charge >= 0.3 is 0 Å². The van der Waals surface area contributed by atoms with Crippen molar-refractivity contribution in [2.75, 3.05) is 6.54 Å².